The van der Waals surface area contributed by atoms with Crippen molar-refractivity contribution in [1.29, 1.82) is 0 Å². The van der Waals surface area contributed by atoms with E-state index in [-0.39, 0.29) is 25.8 Å². The molecule has 3 fully saturated rings. The number of anilines is 1. The van der Waals surface area contributed by atoms with Gasteiger partial charge in [-0.1, -0.05) is 25.0 Å². The summed E-state index contributed by atoms with van der Waals surface area (Å²) in [6.07, 6.45) is 13.8. The second-order valence-electron chi connectivity index (χ2n) is 11.9. The van der Waals surface area contributed by atoms with Gasteiger partial charge in [0.2, 0.25) is 0 Å². The number of piperidine rings is 1. The number of ether oxygens (including phenoxy) is 2. The minimum Gasteiger partial charge on any atom is -0.497 e. The number of rotatable bonds is 11. The molecule has 2 saturated carbocycles. The zero-order valence-electron chi connectivity index (χ0n) is 24.0. The number of carboxylic acids is 1. The molecule has 0 amide bonds. The van der Waals surface area contributed by atoms with Crippen molar-refractivity contribution in [2.45, 2.75) is 69.7 Å². The zero-order valence-corrected chi connectivity index (χ0v) is 25.0. The summed E-state index contributed by atoms with van der Waals surface area (Å²) in [6.45, 7) is 2.62. The molecule has 7 nitrogen and oxygen atoms in total. The smallest absolute Gasteiger partial charge is 0.303 e. The lowest BCUT2D eigenvalue weighted by atomic mass is 9.91. The van der Waals surface area contributed by atoms with Gasteiger partial charge in [-0.3, -0.25) is 9.48 Å². The van der Waals surface area contributed by atoms with Crippen LogP contribution in [0.25, 0.3) is 11.1 Å². The Balaban J connectivity index is 0.00000337. The normalized spacial score (nSPS) is 18.6. The van der Waals surface area contributed by atoms with E-state index in [1.165, 1.54) is 42.5 Å². The monoisotopic (exact) mass is 577 g/mol. The molecule has 0 radical (unpaired) electrons. The molecule has 6 rings (SSSR count). The van der Waals surface area contributed by atoms with Crippen molar-refractivity contribution in [1.82, 2.24) is 9.78 Å². The second kappa shape index (κ2) is 13.2. The molecule has 0 unspecified atom stereocenters. The van der Waals surface area contributed by atoms with Crippen LogP contribution < -0.4 is 14.4 Å². The van der Waals surface area contributed by atoms with Crippen LogP contribution in [-0.4, -0.2) is 47.7 Å². The van der Waals surface area contributed by atoms with Crippen molar-refractivity contribution in [3.63, 3.8) is 0 Å². The molecule has 3 aromatic rings. The van der Waals surface area contributed by atoms with Crippen LogP contribution in [0.2, 0.25) is 0 Å². The quantitative estimate of drug-likeness (QED) is 0.263. The summed E-state index contributed by atoms with van der Waals surface area (Å²) >= 11 is 0. The van der Waals surface area contributed by atoms with Crippen molar-refractivity contribution < 1.29 is 19.4 Å². The van der Waals surface area contributed by atoms with Crippen LogP contribution in [0, 0.1) is 11.8 Å². The first-order valence-corrected chi connectivity index (χ1v) is 15.0. The van der Waals surface area contributed by atoms with Crippen molar-refractivity contribution in [2.24, 2.45) is 11.8 Å². The maximum absolute atomic E-state index is 11.4. The van der Waals surface area contributed by atoms with Crippen molar-refractivity contribution in [2.75, 3.05) is 31.7 Å². The van der Waals surface area contributed by atoms with Crippen LogP contribution in [0.5, 0.6) is 11.5 Å². The predicted molar refractivity (Wildman–Crippen MR) is 167 cm³/mol. The summed E-state index contributed by atoms with van der Waals surface area (Å²) < 4.78 is 14.0. The lowest BCUT2D eigenvalue weighted by Gasteiger charge is -2.34. The van der Waals surface area contributed by atoms with Gasteiger partial charge < -0.3 is 19.5 Å². The molecule has 2 heterocycles. The molecule has 1 aliphatic heterocycles. The zero-order chi connectivity index (χ0) is 27.5. The number of nitrogens with zero attached hydrogens (tertiary/aromatic N) is 3. The second-order valence-corrected chi connectivity index (χ2v) is 11.9. The number of methoxy groups -OCH3 is 1. The topological polar surface area (TPSA) is 76.8 Å². The number of benzene rings is 2. The lowest BCUT2D eigenvalue weighted by molar-refractivity contribution is -0.137. The van der Waals surface area contributed by atoms with Crippen molar-refractivity contribution in [3.8, 4) is 22.6 Å². The molecule has 3 aliphatic rings. The Morgan fingerprint density at radius 3 is 2.51 bits per heavy atom. The summed E-state index contributed by atoms with van der Waals surface area (Å²) in [7, 11) is 1.73. The van der Waals surface area contributed by atoms with Crippen LogP contribution in [0.4, 0.5) is 5.69 Å². The fourth-order valence-corrected chi connectivity index (χ4v) is 6.62. The summed E-state index contributed by atoms with van der Waals surface area (Å²) in [5.74, 6) is 2.07. The Hall–Kier alpha value is -3.13. The number of carbonyl (C=O) groups is 1. The van der Waals surface area contributed by atoms with Gasteiger partial charge >= 0.3 is 5.97 Å². The fourth-order valence-electron chi connectivity index (χ4n) is 6.62. The number of hydrogen-bond donors (Lipinski definition) is 1. The van der Waals surface area contributed by atoms with E-state index in [1.807, 2.05) is 24.4 Å². The van der Waals surface area contributed by atoms with Crippen LogP contribution in [0.15, 0.2) is 54.9 Å². The van der Waals surface area contributed by atoms with Gasteiger partial charge in [-0.15, -0.1) is 0 Å². The molecular formula is C33H43N3O4S. The molecule has 1 atom stereocenters. The van der Waals surface area contributed by atoms with Gasteiger partial charge in [0.15, 0.2) is 0 Å². The molecule has 0 bridgehead atoms. The molecular weight excluding hydrogens is 534 g/mol. The van der Waals surface area contributed by atoms with Gasteiger partial charge in [-0.25, -0.2) is 0 Å². The molecule has 220 valence electrons. The van der Waals surface area contributed by atoms with E-state index < -0.39 is 5.97 Å². The fraction of sp³-hybridized carbons (Fsp3) is 0.515. The maximum Gasteiger partial charge on any atom is 0.303 e. The van der Waals surface area contributed by atoms with E-state index in [4.69, 9.17) is 14.6 Å². The highest BCUT2D eigenvalue weighted by molar-refractivity contribution is 7.59. The maximum atomic E-state index is 11.4. The van der Waals surface area contributed by atoms with Crippen LogP contribution in [0.3, 0.4) is 0 Å². The van der Waals surface area contributed by atoms with Gasteiger partial charge in [0.1, 0.15) is 11.5 Å². The highest BCUT2D eigenvalue weighted by Gasteiger charge is 2.34. The molecule has 1 saturated heterocycles. The van der Waals surface area contributed by atoms with E-state index in [2.05, 4.69) is 40.0 Å². The molecule has 2 aromatic carbocycles. The summed E-state index contributed by atoms with van der Waals surface area (Å²) in [4.78, 5) is 13.9. The van der Waals surface area contributed by atoms with Crippen molar-refractivity contribution >= 4 is 25.2 Å². The molecule has 1 aromatic heterocycles. The summed E-state index contributed by atoms with van der Waals surface area (Å²) in [5, 5.41) is 14.1. The third-order valence-electron chi connectivity index (χ3n) is 9.13. The first kappa shape index (κ1) is 29.4. The van der Waals surface area contributed by atoms with E-state index in [0.29, 0.717) is 24.5 Å². The minimum atomic E-state index is -0.725. The highest BCUT2D eigenvalue weighted by atomic mass is 32.1. The van der Waals surface area contributed by atoms with E-state index >= 15 is 0 Å². The Morgan fingerprint density at radius 2 is 1.80 bits per heavy atom. The molecule has 41 heavy (non-hydrogen) atoms. The average molecular weight is 578 g/mol. The van der Waals surface area contributed by atoms with E-state index in [9.17, 15) is 9.90 Å². The Labute approximate surface area is 250 Å². The number of aromatic nitrogens is 2. The Kier molecular flexibility index (Phi) is 9.48. The standard InChI is InChI=1S/C33H41N3O4.H2S/c1-39-28-11-12-30(26-20-34-36(21-26)27-6-2-3-7-27)32(18-28)35-15-13-23(14-16-35)22-40-29-8-4-5-25(17-29)31(19-33(37)38)24-9-10-24;/h4-5,8,11-12,17-18,20-21,23-24,27,31H,2-3,6-7,9-10,13-16,19,22H2,1H3,(H,37,38);1H2/t31-;/m0./s1. The van der Waals surface area contributed by atoms with Gasteiger partial charge in [0, 0.05) is 42.2 Å². The third kappa shape index (κ3) is 7.03. The summed E-state index contributed by atoms with van der Waals surface area (Å²) in [6, 6.07) is 15.0. The summed E-state index contributed by atoms with van der Waals surface area (Å²) in [5.41, 5.74) is 4.69. The Morgan fingerprint density at radius 1 is 1.02 bits per heavy atom. The van der Waals surface area contributed by atoms with Gasteiger partial charge in [0.25, 0.3) is 0 Å². The van der Waals surface area contributed by atoms with Gasteiger partial charge in [-0.2, -0.15) is 18.6 Å². The van der Waals surface area contributed by atoms with Crippen LogP contribution in [-0.2, 0) is 4.79 Å². The lowest BCUT2D eigenvalue weighted by Crippen LogP contribution is -2.35. The van der Waals surface area contributed by atoms with Crippen LogP contribution >= 0.6 is 13.5 Å². The predicted octanol–water partition coefficient (Wildman–Crippen LogP) is 7.05. The largest absolute Gasteiger partial charge is 0.497 e. The van der Waals surface area contributed by atoms with E-state index in [1.54, 1.807) is 7.11 Å². The molecule has 8 heteroatoms. The van der Waals surface area contributed by atoms with Gasteiger partial charge in [-0.05, 0) is 86.1 Å². The minimum absolute atomic E-state index is 0. The first-order valence-electron chi connectivity index (χ1n) is 15.0. The molecule has 1 N–H and O–H groups in total. The average Bonchev–Trinajstić information content (AvgIpc) is 3.44. The van der Waals surface area contributed by atoms with E-state index in [0.717, 1.165) is 55.8 Å². The highest BCUT2D eigenvalue weighted by Crippen LogP contribution is 2.45. The number of aliphatic carboxylic acids is 1. The SMILES string of the molecule is COc1ccc(-c2cnn(C3CCCC3)c2)c(N2CCC(COc3cccc([C@@H](CC(=O)O)C4CC4)c3)CC2)c1.S. The number of hydrogen-bond acceptors (Lipinski definition) is 5. The first-order chi connectivity index (χ1) is 19.6. The number of carboxylic acid groups (broad SMARTS) is 1. The van der Waals surface area contributed by atoms with Crippen LogP contribution in [0.1, 0.15) is 75.3 Å². The van der Waals surface area contributed by atoms with Gasteiger partial charge in [0.05, 0.1) is 32.4 Å². The molecule has 0 spiro atoms. The molecule has 2 aliphatic carbocycles. The van der Waals surface area contributed by atoms with Crippen molar-refractivity contribution in [3.05, 3.63) is 60.4 Å². The third-order valence-corrected chi connectivity index (χ3v) is 9.13. The Bertz CT molecular complexity index is 1310.